The summed E-state index contributed by atoms with van der Waals surface area (Å²) >= 11 is 0. The first-order valence-electron chi connectivity index (χ1n) is 13.1. The highest BCUT2D eigenvalue weighted by Crippen LogP contribution is 2.35. The molecule has 2 heterocycles. The minimum Gasteiger partial charge on any atom is -0.493 e. The Kier molecular flexibility index (Phi) is 10.4. The molecule has 3 aromatic rings. The number of rotatable bonds is 13. The fourth-order valence-corrected chi connectivity index (χ4v) is 4.42. The quantitative estimate of drug-likeness (QED) is 0.194. The van der Waals surface area contributed by atoms with Crippen LogP contribution in [-0.2, 0) is 14.4 Å². The van der Waals surface area contributed by atoms with Gasteiger partial charge in [-0.3, -0.25) is 14.7 Å². The molecule has 1 fully saturated rings. The third kappa shape index (κ3) is 7.10. The fraction of sp³-hybridized carbons (Fsp3) is 0.414. The van der Waals surface area contributed by atoms with Crippen LogP contribution in [0.5, 0.6) is 23.0 Å². The Morgan fingerprint density at radius 1 is 0.950 bits per heavy atom. The summed E-state index contributed by atoms with van der Waals surface area (Å²) in [6.45, 7) is 4.69. The number of amides is 1. The second kappa shape index (κ2) is 14.3. The van der Waals surface area contributed by atoms with Crippen molar-refractivity contribution in [3.8, 4) is 23.0 Å². The van der Waals surface area contributed by atoms with Crippen molar-refractivity contribution in [1.82, 2.24) is 15.2 Å². The van der Waals surface area contributed by atoms with Gasteiger partial charge in [-0.1, -0.05) is 5.16 Å². The zero-order valence-electron chi connectivity index (χ0n) is 23.4. The van der Waals surface area contributed by atoms with E-state index in [0.717, 1.165) is 43.6 Å². The molecule has 0 bridgehead atoms. The zero-order chi connectivity index (χ0) is 28.3. The normalized spacial score (nSPS) is 14.1. The Balaban J connectivity index is 1.55. The lowest BCUT2D eigenvalue weighted by Crippen LogP contribution is -2.41. The Hall–Kier alpha value is -4.09. The van der Waals surface area contributed by atoms with Gasteiger partial charge >= 0.3 is 0 Å². The fourth-order valence-electron chi connectivity index (χ4n) is 4.42. The van der Waals surface area contributed by atoms with E-state index in [1.54, 1.807) is 46.8 Å². The number of nitrogens with zero attached hydrogens (tertiary/aromatic N) is 3. The van der Waals surface area contributed by atoms with Crippen molar-refractivity contribution in [2.45, 2.75) is 6.42 Å². The van der Waals surface area contributed by atoms with Crippen molar-refractivity contribution in [3.05, 3.63) is 53.9 Å². The molecule has 11 nitrogen and oxygen atoms in total. The topological polar surface area (TPSA) is 113 Å². The van der Waals surface area contributed by atoms with Crippen LogP contribution in [0.1, 0.15) is 17.7 Å². The minimum absolute atomic E-state index is 0.0993. The third-order valence-corrected chi connectivity index (χ3v) is 6.58. The van der Waals surface area contributed by atoms with Gasteiger partial charge in [-0.15, -0.1) is 0 Å². The van der Waals surface area contributed by atoms with Crippen LogP contribution in [0.15, 0.2) is 47.8 Å². The van der Waals surface area contributed by atoms with E-state index < -0.39 is 0 Å². The van der Waals surface area contributed by atoms with Gasteiger partial charge in [0.15, 0.2) is 23.0 Å². The summed E-state index contributed by atoms with van der Waals surface area (Å²) < 4.78 is 27.3. The number of aromatic nitrogens is 1. The van der Waals surface area contributed by atoms with Crippen LogP contribution in [0.2, 0.25) is 0 Å². The van der Waals surface area contributed by atoms with E-state index in [4.69, 9.17) is 28.5 Å². The maximum atomic E-state index is 12.4. The summed E-state index contributed by atoms with van der Waals surface area (Å²) in [6, 6.07) is 11.1. The van der Waals surface area contributed by atoms with Crippen molar-refractivity contribution in [3.63, 3.8) is 0 Å². The molecule has 0 spiro atoms. The van der Waals surface area contributed by atoms with E-state index in [0.29, 0.717) is 46.5 Å². The second-order valence-corrected chi connectivity index (χ2v) is 8.98. The molecule has 1 N–H and O–H groups in total. The van der Waals surface area contributed by atoms with Crippen molar-refractivity contribution in [1.29, 1.82) is 0 Å². The summed E-state index contributed by atoms with van der Waals surface area (Å²) in [6.07, 6.45) is 1.86. The number of ether oxygens (including phenoxy) is 5. The molecule has 1 aliphatic rings. The lowest BCUT2D eigenvalue weighted by Gasteiger charge is -2.26. The summed E-state index contributed by atoms with van der Waals surface area (Å²) in [4.78, 5) is 25.0. The van der Waals surface area contributed by atoms with E-state index >= 15 is 0 Å². The maximum absolute atomic E-state index is 12.4. The Morgan fingerprint density at radius 3 is 2.38 bits per heavy atom. The van der Waals surface area contributed by atoms with Crippen molar-refractivity contribution >= 4 is 22.4 Å². The molecule has 11 heteroatoms. The van der Waals surface area contributed by atoms with E-state index in [2.05, 4.69) is 20.4 Å². The van der Waals surface area contributed by atoms with Crippen LogP contribution in [0, 0.1) is 0 Å². The molecular formula is C29H36N4O7. The number of fused-ring (bicyclic) bond motifs is 1. The molecule has 1 aromatic heterocycles. The number of pyridine rings is 1. The highest BCUT2D eigenvalue weighted by Gasteiger charge is 2.19. The first-order chi connectivity index (χ1) is 19.6. The molecule has 1 aliphatic heterocycles. The standard InChI is InChI=1S/C29H36N4O7/c1-35-23-6-5-21(18-24(23)36-2)28(29-22-19-26(38-4)25(37-3)17-20(22)7-9-31-29)32-40-14-8-27(34)30-10-11-33-12-15-39-16-13-33/h5-7,9,17-19H,8,10-16H2,1-4H3,(H,30,34)/b32-28+. The monoisotopic (exact) mass is 552 g/mol. The van der Waals surface area contributed by atoms with Gasteiger partial charge in [-0.05, 0) is 41.8 Å². The van der Waals surface area contributed by atoms with Crippen LogP contribution in [0.25, 0.3) is 10.8 Å². The third-order valence-electron chi connectivity index (χ3n) is 6.58. The Morgan fingerprint density at radius 2 is 1.65 bits per heavy atom. The molecule has 214 valence electrons. The predicted molar refractivity (Wildman–Crippen MR) is 151 cm³/mol. The van der Waals surface area contributed by atoms with Crippen molar-refractivity contribution in [2.75, 3.05) is 74.4 Å². The molecule has 40 heavy (non-hydrogen) atoms. The zero-order valence-corrected chi connectivity index (χ0v) is 23.4. The number of nitrogens with one attached hydrogen (secondary N) is 1. The number of hydrogen-bond acceptors (Lipinski definition) is 10. The summed E-state index contributed by atoms with van der Waals surface area (Å²) in [5.74, 6) is 2.18. The number of morpholine rings is 1. The van der Waals surface area contributed by atoms with Crippen molar-refractivity contribution < 1.29 is 33.3 Å². The number of oxime groups is 1. The number of carbonyl (C=O) groups excluding carboxylic acids is 1. The highest BCUT2D eigenvalue weighted by molar-refractivity contribution is 6.18. The summed E-state index contributed by atoms with van der Waals surface area (Å²) in [5.41, 5.74) is 1.73. The Bertz CT molecular complexity index is 1330. The summed E-state index contributed by atoms with van der Waals surface area (Å²) in [7, 11) is 6.32. The SMILES string of the molecule is COc1ccc(/C(=N\OCCC(=O)NCCN2CCOCC2)c2nccc3cc(OC)c(OC)cc23)cc1OC. The van der Waals surface area contributed by atoms with Gasteiger partial charge in [0, 0.05) is 43.3 Å². The van der Waals surface area contributed by atoms with Gasteiger partial charge in [0.05, 0.1) is 48.1 Å². The largest absolute Gasteiger partial charge is 0.493 e. The van der Waals surface area contributed by atoms with Crippen LogP contribution in [-0.4, -0.2) is 95.9 Å². The van der Waals surface area contributed by atoms with E-state index in [-0.39, 0.29) is 18.9 Å². The van der Waals surface area contributed by atoms with Gasteiger partial charge in [-0.2, -0.15) is 0 Å². The summed E-state index contributed by atoms with van der Waals surface area (Å²) in [5, 5.41) is 9.07. The molecular weight excluding hydrogens is 516 g/mol. The first kappa shape index (κ1) is 28.9. The van der Waals surface area contributed by atoms with Crippen molar-refractivity contribution in [2.24, 2.45) is 5.16 Å². The lowest BCUT2D eigenvalue weighted by molar-refractivity contribution is -0.122. The average Bonchev–Trinajstić information content (AvgIpc) is 3.00. The van der Waals surface area contributed by atoms with Crippen LogP contribution in [0.4, 0.5) is 0 Å². The van der Waals surface area contributed by atoms with E-state index in [1.165, 1.54) is 0 Å². The number of hydrogen-bond donors (Lipinski definition) is 1. The highest BCUT2D eigenvalue weighted by atomic mass is 16.6. The molecule has 0 unspecified atom stereocenters. The van der Waals surface area contributed by atoms with Gasteiger partial charge in [0.1, 0.15) is 18.0 Å². The van der Waals surface area contributed by atoms with Crippen LogP contribution < -0.4 is 24.3 Å². The first-order valence-corrected chi connectivity index (χ1v) is 13.1. The number of carbonyl (C=O) groups is 1. The van der Waals surface area contributed by atoms with Crippen LogP contribution in [0.3, 0.4) is 0 Å². The molecule has 0 radical (unpaired) electrons. The second-order valence-electron chi connectivity index (χ2n) is 8.98. The number of benzene rings is 2. The molecule has 0 atom stereocenters. The number of methoxy groups -OCH3 is 4. The van der Waals surface area contributed by atoms with E-state index in [1.807, 2.05) is 24.3 Å². The van der Waals surface area contributed by atoms with Gasteiger partial charge in [-0.25, -0.2) is 0 Å². The maximum Gasteiger partial charge on any atom is 0.223 e. The van der Waals surface area contributed by atoms with Gasteiger partial charge in [0.25, 0.3) is 0 Å². The molecule has 0 aliphatic carbocycles. The van der Waals surface area contributed by atoms with E-state index in [9.17, 15) is 4.79 Å². The van der Waals surface area contributed by atoms with Gasteiger partial charge < -0.3 is 33.8 Å². The molecule has 0 saturated carbocycles. The predicted octanol–water partition coefficient (Wildman–Crippen LogP) is 2.88. The molecule has 1 amide bonds. The average molecular weight is 553 g/mol. The smallest absolute Gasteiger partial charge is 0.223 e. The Labute approximate surface area is 233 Å². The molecule has 4 rings (SSSR count). The molecule has 2 aromatic carbocycles. The van der Waals surface area contributed by atoms with Gasteiger partial charge in [0.2, 0.25) is 5.91 Å². The lowest BCUT2D eigenvalue weighted by atomic mass is 10.0. The minimum atomic E-state index is -0.101. The molecule has 1 saturated heterocycles. The van der Waals surface area contributed by atoms with Crippen LogP contribution >= 0.6 is 0 Å².